The van der Waals surface area contributed by atoms with Crippen LogP contribution < -0.4 is 0 Å². The van der Waals surface area contributed by atoms with Gasteiger partial charge in [-0.05, 0) is 58.3 Å². The Hall–Kier alpha value is -0.520. The molecule has 0 amide bonds. The Morgan fingerprint density at radius 2 is 1.50 bits per heavy atom. The molecule has 1 fully saturated rings. The average Bonchev–Trinajstić information content (AvgIpc) is 2.28. The molecular weight excluding hydrogens is 168 g/mol. The van der Waals surface area contributed by atoms with Crippen molar-refractivity contribution in [2.45, 2.75) is 47.5 Å². The van der Waals surface area contributed by atoms with Crippen LogP contribution in [0, 0.1) is 17.8 Å². The van der Waals surface area contributed by atoms with E-state index in [1.807, 2.05) is 0 Å². The van der Waals surface area contributed by atoms with E-state index in [2.05, 4.69) is 46.8 Å². The first-order valence-electron chi connectivity index (χ1n) is 5.79. The van der Waals surface area contributed by atoms with Crippen molar-refractivity contribution in [1.29, 1.82) is 0 Å². The molecule has 14 heavy (non-hydrogen) atoms. The Bertz CT molecular complexity index is 237. The van der Waals surface area contributed by atoms with Gasteiger partial charge in [0.2, 0.25) is 0 Å². The van der Waals surface area contributed by atoms with Gasteiger partial charge in [0.05, 0.1) is 0 Å². The van der Waals surface area contributed by atoms with Crippen LogP contribution in [0.15, 0.2) is 23.3 Å². The SMILES string of the molecule is CC(C)=CC1CC(C)C(C=C(C)C)C1. The maximum atomic E-state index is 2.46. The molecule has 0 N–H and O–H groups in total. The van der Waals surface area contributed by atoms with Crippen molar-refractivity contribution in [2.24, 2.45) is 17.8 Å². The molecule has 0 aromatic rings. The normalized spacial score (nSPS) is 31.4. The molecule has 0 aromatic heterocycles. The van der Waals surface area contributed by atoms with Gasteiger partial charge in [0.25, 0.3) is 0 Å². The van der Waals surface area contributed by atoms with Gasteiger partial charge in [0.15, 0.2) is 0 Å². The van der Waals surface area contributed by atoms with Crippen molar-refractivity contribution in [3.05, 3.63) is 23.3 Å². The molecule has 1 aliphatic rings. The number of hydrogen-bond acceptors (Lipinski definition) is 0. The molecule has 0 radical (unpaired) electrons. The second kappa shape index (κ2) is 4.82. The predicted octanol–water partition coefficient (Wildman–Crippen LogP) is 4.58. The van der Waals surface area contributed by atoms with E-state index in [0.717, 1.165) is 17.8 Å². The van der Waals surface area contributed by atoms with Crippen molar-refractivity contribution in [1.82, 2.24) is 0 Å². The summed E-state index contributed by atoms with van der Waals surface area (Å²) >= 11 is 0. The molecule has 0 saturated heterocycles. The third kappa shape index (κ3) is 3.32. The Balaban J connectivity index is 2.60. The van der Waals surface area contributed by atoms with Gasteiger partial charge >= 0.3 is 0 Å². The largest absolute Gasteiger partial charge is 0.0827 e. The molecule has 3 unspecified atom stereocenters. The first-order chi connectivity index (χ1) is 6.49. The van der Waals surface area contributed by atoms with Gasteiger partial charge in [0.1, 0.15) is 0 Å². The van der Waals surface area contributed by atoms with Crippen LogP contribution in [0.25, 0.3) is 0 Å². The summed E-state index contributed by atoms with van der Waals surface area (Å²) in [5.74, 6) is 2.52. The third-order valence-corrected chi connectivity index (χ3v) is 3.10. The van der Waals surface area contributed by atoms with Crippen LogP contribution in [0.2, 0.25) is 0 Å². The van der Waals surface area contributed by atoms with E-state index in [0.29, 0.717) is 0 Å². The summed E-state index contributed by atoms with van der Waals surface area (Å²) in [6.07, 6.45) is 7.65. The highest BCUT2D eigenvalue weighted by molar-refractivity contribution is 5.07. The fraction of sp³-hybridized carbons (Fsp3) is 0.714. The van der Waals surface area contributed by atoms with Crippen LogP contribution in [0.3, 0.4) is 0 Å². The molecule has 1 rings (SSSR count). The number of rotatable bonds is 2. The van der Waals surface area contributed by atoms with Gasteiger partial charge in [0, 0.05) is 0 Å². The zero-order chi connectivity index (χ0) is 10.7. The maximum absolute atomic E-state index is 2.46. The highest BCUT2D eigenvalue weighted by atomic mass is 14.3. The van der Waals surface area contributed by atoms with Crippen molar-refractivity contribution >= 4 is 0 Å². The standard InChI is InChI=1S/C14H24/c1-10(2)6-13-8-12(5)14(9-13)7-11(3)4/h6-7,12-14H,8-9H2,1-5H3. The van der Waals surface area contributed by atoms with Crippen LogP contribution in [0.1, 0.15) is 47.5 Å². The first-order valence-corrected chi connectivity index (χ1v) is 5.79. The minimum Gasteiger partial charge on any atom is -0.0827 e. The van der Waals surface area contributed by atoms with Crippen LogP contribution in [0.5, 0.6) is 0 Å². The zero-order valence-electron chi connectivity index (χ0n) is 10.3. The average molecular weight is 192 g/mol. The topological polar surface area (TPSA) is 0 Å². The maximum Gasteiger partial charge on any atom is -0.0199 e. The lowest BCUT2D eigenvalue weighted by atomic mass is 9.96. The van der Waals surface area contributed by atoms with Crippen LogP contribution in [0.4, 0.5) is 0 Å². The Morgan fingerprint density at radius 1 is 0.929 bits per heavy atom. The van der Waals surface area contributed by atoms with Crippen molar-refractivity contribution in [3.63, 3.8) is 0 Å². The molecule has 0 heterocycles. The molecule has 0 bridgehead atoms. The smallest absolute Gasteiger partial charge is 0.0199 e. The minimum atomic E-state index is 0.820. The molecule has 1 saturated carbocycles. The number of hydrogen-bond donors (Lipinski definition) is 0. The highest BCUT2D eigenvalue weighted by Crippen LogP contribution is 2.38. The zero-order valence-corrected chi connectivity index (χ0v) is 10.3. The van der Waals surface area contributed by atoms with Crippen molar-refractivity contribution < 1.29 is 0 Å². The molecule has 80 valence electrons. The van der Waals surface area contributed by atoms with Crippen molar-refractivity contribution in [3.8, 4) is 0 Å². The predicted molar refractivity (Wildman–Crippen MR) is 64.2 cm³/mol. The monoisotopic (exact) mass is 192 g/mol. The van der Waals surface area contributed by atoms with Gasteiger partial charge in [-0.15, -0.1) is 0 Å². The lowest BCUT2D eigenvalue weighted by Crippen LogP contribution is -1.99. The Morgan fingerprint density at radius 3 is 2.00 bits per heavy atom. The summed E-state index contributed by atoms with van der Waals surface area (Å²) in [7, 11) is 0. The summed E-state index contributed by atoms with van der Waals surface area (Å²) in [6, 6.07) is 0. The van der Waals surface area contributed by atoms with Gasteiger partial charge in [-0.1, -0.05) is 30.2 Å². The van der Waals surface area contributed by atoms with Crippen LogP contribution >= 0.6 is 0 Å². The van der Waals surface area contributed by atoms with E-state index in [1.165, 1.54) is 24.0 Å². The molecule has 0 spiro atoms. The Kier molecular flexibility index (Phi) is 3.97. The van der Waals surface area contributed by atoms with Crippen LogP contribution in [-0.4, -0.2) is 0 Å². The van der Waals surface area contributed by atoms with Gasteiger partial charge in [-0.2, -0.15) is 0 Å². The van der Waals surface area contributed by atoms with Gasteiger partial charge < -0.3 is 0 Å². The van der Waals surface area contributed by atoms with Gasteiger partial charge in [-0.3, -0.25) is 0 Å². The molecule has 1 aliphatic carbocycles. The highest BCUT2D eigenvalue weighted by Gasteiger charge is 2.28. The Labute approximate surface area is 89.1 Å². The quantitative estimate of drug-likeness (QED) is 0.562. The summed E-state index contributed by atoms with van der Waals surface area (Å²) < 4.78 is 0. The molecular formula is C14H24. The van der Waals surface area contributed by atoms with Gasteiger partial charge in [-0.25, -0.2) is 0 Å². The lowest BCUT2D eigenvalue weighted by Gasteiger charge is -2.09. The summed E-state index contributed by atoms with van der Waals surface area (Å²) in [5.41, 5.74) is 2.94. The summed E-state index contributed by atoms with van der Waals surface area (Å²) in [5, 5.41) is 0. The second-order valence-corrected chi connectivity index (χ2v) is 5.36. The van der Waals surface area contributed by atoms with Crippen molar-refractivity contribution in [2.75, 3.05) is 0 Å². The second-order valence-electron chi connectivity index (χ2n) is 5.36. The molecule has 0 nitrogen and oxygen atoms in total. The minimum absolute atomic E-state index is 0.820. The first kappa shape index (κ1) is 11.6. The summed E-state index contributed by atoms with van der Waals surface area (Å²) in [4.78, 5) is 0. The fourth-order valence-electron chi connectivity index (χ4n) is 2.60. The third-order valence-electron chi connectivity index (χ3n) is 3.10. The molecule has 0 aromatic carbocycles. The molecule has 0 heteroatoms. The van der Waals surface area contributed by atoms with E-state index in [9.17, 15) is 0 Å². The van der Waals surface area contributed by atoms with E-state index in [4.69, 9.17) is 0 Å². The number of allylic oxidation sites excluding steroid dienone is 4. The fourth-order valence-corrected chi connectivity index (χ4v) is 2.60. The van der Waals surface area contributed by atoms with E-state index in [1.54, 1.807) is 0 Å². The lowest BCUT2D eigenvalue weighted by molar-refractivity contribution is 0.500. The molecule has 3 atom stereocenters. The van der Waals surface area contributed by atoms with E-state index >= 15 is 0 Å². The summed E-state index contributed by atoms with van der Waals surface area (Å²) in [6.45, 7) is 11.2. The van der Waals surface area contributed by atoms with Crippen LogP contribution in [-0.2, 0) is 0 Å². The van der Waals surface area contributed by atoms with E-state index < -0.39 is 0 Å². The molecule has 0 aliphatic heterocycles. The van der Waals surface area contributed by atoms with E-state index in [-0.39, 0.29) is 0 Å².